The number of allylic oxidation sites excluding steroid dienone is 1. The molecule has 0 saturated heterocycles. The average Bonchev–Trinajstić information content (AvgIpc) is 3.16. The van der Waals surface area contributed by atoms with Crippen LogP contribution in [0.2, 0.25) is 0 Å². The number of carbonyl (C=O) groups is 2. The van der Waals surface area contributed by atoms with Crippen LogP contribution < -0.4 is 0 Å². The van der Waals surface area contributed by atoms with E-state index >= 15 is 0 Å². The van der Waals surface area contributed by atoms with E-state index in [-0.39, 0.29) is 11.6 Å². The number of hydrogen-bond acceptors (Lipinski definition) is 3. The number of fused-ring (bicyclic) bond motifs is 3. The van der Waals surface area contributed by atoms with Crippen molar-refractivity contribution in [2.24, 2.45) is 0 Å². The molecular formula is C25H18O3. The van der Waals surface area contributed by atoms with Crippen molar-refractivity contribution in [3.05, 3.63) is 107 Å². The van der Waals surface area contributed by atoms with E-state index in [1.807, 2.05) is 66.7 Å². The summed E-state index contributed by atoms with van der Waals surface area (Å²) in [7, 11) is 1.64. The van der Waals surface area contributed by atoms with Crippen molar-refractivity contribution in [2.75, 3.05) is 13.7 Å². The molecule has 3 aromatic carbocycles. The molecule has 3 nitrogen and oxygen atoms in total. The third-order valence-corrected chi connectivity index (χ3v) is 5.78. The van der Waals surface area contributed by atoms with Crippen LogP contribution in [0.5, 0.6) is 0 Å². The summed E-state index contributed by atoms with van der Waals surface area (Å²) in [4.78, 5) is 27.7. The molecule has 3 heteroatoms. The highest BCUT2D eigenvalue weighted by molar-refractivity contribution is 6.42. The van der Waals surface area contributed by atoms with Crippen molar-refractivity contribution >= 4 is 22.7 Å². The van der Waals surface area contributed by atoms with Gasteiger partial charge < -0.3 is 4.74 Å². The molecule has 0 amide bonds. The Bertz CT molecular complexity index is 1120. The Morgan fingerprint density at radius 1 is 0.714 bits per heavy atom. The highest BCUT2D eigenvalue weighted by Gasteiger charge is 2.60. The van der Waals surface area contributed by atoms with Crippen LogP contribution in [0, 0.1) is 0 Å². The number of rotatable bonds is 3. The highest BCUT2D eigenvalue weighted by atomic mass is 16.5. The third-order valence-electron chi connectivity index (χ3n) is 5.78. The summed E-state index contributed by atoms with van der Waals surface area (Å²) in [6.07, 6.45) is 0. The standard InChI is InChI=1S/C25H18O3/c1-28-15-20-17-11-7-8-14-21(17)25(22(20)16-9-3-2-4-10-16)23(26)18-12-5-6-13-19(18)24(25)27/h2-14H,15H2,1H3. The summed E-state index contributed by atoms with van der Waals surface area (Å²) in [6, 6.07) is 24.6. The third kappa shape index (κ3) is 1.97. The number of carbonyl (C=O) groups excluding carboxylic acids is 2. The van der Waals surface area contributed by atoms with E-state index in [2.05, 4.69) is 0 Å². The number of ketones is 2. The van der Waals surface area contributed by atoms with E-state index in [1.54, 1.807) is 19.2 Å². The lowest BCUT2D eigenvalue weighted by Crippen LogP contribution is -2.38. The van der Waals surface area contributed by atoms with E-state index in [1.165, 1.54) is 0 Å². The minimum atomic E-state index is -1.34. The molecular weight excluding hydrogens is 348 g/mol. The first-order chi connectivity index (χ1) is 13.7. The fourth-order valence-corrected chi connectivity index (χ4v) is 4.72. The van der Waals surface area contributed by atoms with Crippen LogP contribution in [0.3, 0.4) is 0 Å². The molecule has 0 aromatic heterocycles. The maximum atomic E-state index is 13.8. The Morgan fingerprint density at radius 3 is 1.86 bits per heavy atom. The largest absolute Gasteiger partial charge is 0.380 e. The summed E-state index contributed by atoms with van der Waals surface area (Å²) < 4.78 is 5.50. The highest BCUT2D eigenvalue weighted by Crippen LogP contribution is 2.57. The molecule has 0 fully saturated rings. The normalized spacial score (nSPS) is 16.6. The zero-order chi connectivity index (χ0) is 19.3. The van der Waals surface area contributed by atoms with E-state index in [9.17, 15) is 9.59 Å². The molecule has 2 aliphatic rings. The number of methoxy groups -OCH3 is 1. The van der Waals surface area contributed by atoms with E-state index in [4.69, 9.17) is 4.74 Å². The molecule has 0 saturated carbocycles. The van der Waals surface area contributed by atoms with Crippen molar-refractivity contribution in [1.29, 1.82) is 0 Å². The molecule has 2 aliphatic carbocycles. The molecule has 0 heterocycles. The Morgan fingerprint density at radius 2 is 1.25 bits per heavy atom. The number of benzene rings is 3. The molecule has 0 atom stereocenters. The van der Waals surface area contributed by atoms with Gasteiger partial charge in [0.15, 0.2) is 11.6 Å². The fourth-order valence-electron chi connectivity index (χ4n) is 4.72. The summed E-state index contributed by atoms with van der Waals surface area (Å²) in [5.74, 6) is -0.295. The van der Waals surface area contributed by atoms with Gasteiger partial charge in [0.05, 0.1) is 6.61 Å². The molecule has 0 unspecified atom stereocenters. The Hall–Kier alpha value is -3.30. The second kappa shape index (κ2) is 6.11. The van der Waals surface area contributed by atoms with E-state index in [0.717, 1.165) is 27.8 Å². The summed E-state index contributed by atoms with van der Waals surface area (Å²) >= 11 is 0. The monoisotopic (exact) mass is 366 g/mol. The van der Waals surface area contributed by atoms with Gasteiger partial charge in [-0.2, -0.15) is 0 Å². The SMILES string of the molecule is COCC1=C(c2ccccc2)C2(C(=O)c3ccccc3C2=O)c2ccccc21. The van der Waals surface area contributed by atoms with Crippen LogP contribution in [0.15, 0.2) is 78.9 Å². The molecule has 136 valence electrons. The molecule has 1 spiro atoms. The second-order valence-electron chi connectivity index (χ2n) is 7.15. The molecule has 0 N–H and O–H groups in total. The van der Waals surface area contributed by atoms with Crippen LogP contribution in [-0.4, -0.2) is 25.3 Å². The molecule has 3 aromatic rings. The van der Waals surface area contributed by atoms with Gasteiger partial charge in [-0.1, -0.05) is 78.9 Å². The van der Waals surface area contributed by atoms with Crippen molar-refractivity contribution in [1.82, 2.24) is 0 Å². The van der Waals surface area contributed by atoms with Gasteiger partial charge in [0.1, 0.15) is 5.41 Å². The van der Waals surface area contributed by atoms with Crippen molar-refractivity contribution in [2.45, 2.75) is 5.41 Å². The van der Waals surface area contributed by atoms with Crippen molar-refractivity contribution < 1.29 is 14.3 Å². The van der Waals surface area contributed by atoms with Crippen LogP contribution >= 0.6 is 0 Å². The molecule has 0 bridgehead atoms. The molecule has 0 aliphatic heterocycles. The first-order valence-corrected chi connectivity index (χ1v) is 9.27. The molecule has 5 rings (SSSR count). The number of ether oxygens (including phenoxy) is 1. The lowest BCUT2D eigenvalue weighted by molar-refractivity contribution is 0.0845. The first kappa shape index (κ1) is 16.8. The van der Waals surface area contributed by atoms with Gasteiger partial charge in [-0.05, 0) is 27.8 Å². The van der Waals surface area contributed by atoms with Gasteiger partial charge in [0.2, 0.25) is 0 Å². The van der Waals surface area contributed by atoms with Gasteiger partial charge in [0.25, 0.3) is 0 Å². The van der Waals surface area contributed by atoms with Crippen LogP contribution in [0.4, 0.5) is 0 Å². The van der Waals surface area contributed by atoms with Crippen molar-refractivity contribution in [3.8, 4) is 0 Å². The van der Waals surface area contributed by atoms with Gasteiger partial charge in [-0.3, -0.25) is 9.59 Å². The summed E-state index contributed by atoms with van der Waals surface area (Å²) in [5.41, 5.74) is 3.85. The van der Waals surface area contributed by atoms with Gasteiger partial charge in [-0.25, -0.2) is 0 Å². The zero-order valence-electron chi connectivity index (χ0n) is 15.4. The lowest BCUT2D eigenvalue weighted by Gasteiger charge is -2.26. The maximum absolute atomic E-state index is 13.8. The van der Waals surface area contributed by atoms with Gasteiger partial charge in [0, 0.05) is 18.2 Å². The number of hydrogen-bond donors (Lipinski definition) is 0. The Kier molecular flexibility index (Phi) is 3.68. The summed E-state index contributed by atoms with van der Waals surface area (Å²) in [5, 5.41) is 0. The maximum Gasteiger partial charge on any atom is 0.186 e. The first-order valence-electron chi connectivity index (χ1n) is 9.27. The zero-order valence-corrected chi connectivity index (χ0v) is 15.4. The fraction of sp³-hybridized carbons (Fsp3) is 0.120. The molecule has 28 heavy (non-hydrogen) atoms. The number of Topliss-reactive ketones (excluding diaryl/α,β-unsaturated/α-hetero) is 2. The van der Waals surface area contributed by atoms with Gasteiger partial charge >= 0.3 is 0 Å². The van der Waals surface area contributed by atoms with Gasteiger partial charge in [-0.15, -0.1) is 0 Å². The topological polar surface area (TPSA) is 43.4 Å². The minimum absolute atomic E-state index is 0.148. The van der Waals surface area contributed by atoms with Crippen molar-refractivity contribution in [3.63, 3.8) is 0 Å². The quantitative estimate of drug-likeness (QED) is 0.638. The Balaban J connectivity index is 1.91. The van der Waals surface area contributed by atoms with E-state index < -0.39 is 5.41 Å². The lowest BCUT2D eigenvalue weighted by atomic mass is 9.71. The van der Waals surface area contributed by atoms with Crippen LogP contribution in [0.1, 0.15) is 37.4 Å². The predicted molar refractivity (Wildman–Crippen MR) is 108 cm³/mol. The van der Waals surface area contributed by atoms with E-state index in [0.29, 0.717) is 17.7 Å². The smallest absolute Gasteiger partial charge is 0.186 e. The molecule has 0 radical (unpaired) electrons. The van der Waals surface area contributed by atoms with Crippen LogP contribution in [0.25, 0.3) is 11.1 Å². The second-order valence-corrected chi connectivity index (χ2v) is 7.15. The Labute approximate surface area is 163 Å². The average molecular weight is 366 g/mol. The predicted octanol–water partition coefficient (Wildman–Crippen LogP) is 4.57. The minimum Gasteiger partial charge on any atom is -0.380 e. The van der Waals surface area contributed by atoms with Crippen LogP contribution in [-0.2, 0) is 10.2 Å². The summed E-state index contributed by atoms with van der Waals surface area (Å²) in [6.45, 7) is 0.333.